The number of rotatable bonds is 5. The van der Waals surface area contributed by atoms with E-state index >= 15 is 0 Å². The highest BCUT2D eigenvalue weighted by atomic mass is 32.2. The van der Waals surface area contributed by atoms with Crippen LogP contribution in [0.4, 0.5) is 0 Å². The lowest BCUT2D eigenvalue weighted by Crippen LogP contribution is -2.37. The van der Waals surface area contributed by atoms with Gasteiger partial charge >= 0.3 is 0 Å². The molecule has 27 heavy (non-hydrogen) atoms. The van der Waals surface area contributed by atoms with Gasteiger partial charge in [0.2, 0.25) is 10.0 Å². The zero-order valence-corrected chi connectivity index (χ0v) is 16.3. The van der Waals surface area contributed by atoms with E-state index in [0.29, 0.717) is 18.7 Å². The summed E-state index contributed by atoms with van der Waals surface area (Å²) in [5.74, 6) is 0.736. The van der Waals surface area contributed by atoms with Gasteiger partial charge in [-0.2, -0.15) is 5.10 Å². The predicted octanol–water partition coefficient (Wildman–Crippen LogP) is 1.30. The third-order valence-corrected chi connectivity index (χ3v) is 6.35. The molecular formula is C17H22N6O3S. The average molecular weight is 390 g/mol. The number of fused-ring (bicyclic) bond motifs is 1. The van der Waals surface area contributed by atoms with Crippen molar-refractivity contribution in [2.45, 2.75) is 43.9 Å². The molecule has 0 aromatic carbocycles. The SMILES string of the molecule is CCn1ccnc1[C@@H]1OCC[C@H]1NS(=O)(=O)c1cnc2c(c1)c(C)nn2C. The maximum atomic E-state index is 13.0. The molecule has 0 bridgehead atoms. The van der Waals surface area contributed by atoms with Crippen molar-refractivity contribution in [3.05, 3.63) is 36.2 Å². The number of sulfonamides is 1. The number of nitrogens with one attached hydrogen (secondary N) is 1. The summed E-state index contributed by atoms with van der Waals surface area (Å²) in [6.45, 7) is 5.07. The van der Waals surface area contributed by atoms with Gasteiger partial charge in [-0.1, -0.05) is 0 Å². The fourth-order valence-electron chi connectivity index (χ4n) is 3.51. The quantitative estimate of drug-likeness (QED) is 0.704. The minimum Gasteiger partial charge on any atom is -0.369 e. The van der Waals surface area contributed by atoms with E-state index in [9.17, 15) is 8.42 Å². The number of nitrogens with zero attached hydrogens (tertiary/aromatic N) is 5. The largest absolute Gasteiger partial charge is 0.369 e. The first-order chi connectivity index (χ1) is 12.9. The van der Waals surface area contributed by atoms with E-state index in [2.05, 4.69) is 19.8 Å². The number of ether oxygens (including phenoxy) is 1. The Kier molecular flexibility index (Phi) is 4.49. The van der Waals surface area contributed by atoms with Crippen LogP contribution in [0.1, 0.15) is 31.0 Å². The Bertz CT molecular complexity index is 1090. The molecule has 0 aliphatic carbocycles. The van der Waals surface area contributed by atoms with Crippen LogP contribution in [0.3, 0.4) is 0 Å². The van der Waals surface area contributed by atoms with Crippen LogP contribution in [0.15, 0.2) is 29.6 Å². The van der Waals surface area contributed by atoms with Gasteiger partial charge in [-0.3, -0.25) is 4.68 Å². The Morgan fingerprint density at radius 1 is 1.37 bits per heavy atom. The normalized spacial score (nSPS) is 20.6. The number of aromatic nitrogens is 5. The van der Waals surface area contributed by atoms with Crippen molar-refractivity contribution in [1.82, 2.24) is 29.0 Å². The molecule has 10 heteroatoms. The Morgan fingerprint density at radius 3 is 2.96 bits per heavy atom. The van der Waals surface area contributed by atoms with Gasteiger partial charge in [-0.25, -0.2) is 23.1 Å². The van der Waals surface area contributed by atoms with E-state index in [-0.39, 0.29) is 10.9 Å². The number of pyridine rings is 1. The molecule has 9 nitrogen and oxygen atoms in total. The molecule has 3 aromatic heterocycles. The fourth-order valence-corrected chi connectivity index (χ4v) is 4.75. The Labute approximate surface area is 157 Å². The topological polar surface area (TPSA) is 104 Å². The van der Waals surface area contributed by atoms with E-state index in [1.54, 1.807) is 24.0 Å². The van der Waals surface area contributed by atoms with Gasteiger partial charge in [-0.15, -0.1) is 0 Å². The van der Waals surface area contributed by atoms with Crippen LogP contribution in [0, 0.1) is 6.92 Å². The van der Waals surface area contributed by atoms with Crippen LogP contribution >= 0.6 is 0 Å². The highest BCUT2D eigenvalue weighted by molar-refractivity contribution is 7.89. The van der Waals surface area contributed by atoms with E-state index in [0.717, 1.165) is 23.4 Å². The zero-order valence-electron chi connectivity index (χ0n) is 15.5. The van der Waals surface area contributed by atoms with E-state index < -0.39 is 16.1 Å². The molecule has 1 aliphatic rings. The Morgan fingerprint density at radius 2 is 2.19 bits per heavy atom. The molecule has 1 aliphatic heterocycles. The lowest BCUT2D eigenvalue weighted by Gasteiger charge is -2.20. The highest BCUT2D eigenvalue weighted by Gasteiger charge is 2.36. The molecule has 2 atom stereocenters. The third-order valence-electron chi connectivity index (χ3n) is 4.89. The maximum absolute atomic E-state index is 13.0. The van der Waals surface area contributed by atoms with Gasteiger partial charge in [0, 0.05) is 44.2 Å². The summed E-state index contributed by atoms with van der Waals surface area (Å²) >= 11 is 0. The van der Waals surface area contributed by atoms with Crippen molar-refractivity contribution < 1.29 is 13.2 Å². The van der Waals surface area contributed by atoms with Gasteiger partial charge in [0.1, 0.15) is 16.8 Å². The van der Waals surface area contributed by atoms with Crippen LogP contribution in [0.5, 0.6) is 0 Å². The van der Waals surface area contributed by atoms with Gasteiger partial charge in [0.25, 0.3) is 0 Å². The molecular weight excluding hydrogens is 368 g/mol. The number of hydrogen-bond acceptors (Lipinski definition) is 6. The Hall–Kier alpha value is -2.30. The van der Waals surface area contributed by atoms with Crippen molar-refractivity contribution in [2.75, 3.05) is 6.61 Å². The first-order valence-corrected chi connectivity index (χ1v) is 10.3. The smallest absolute Gasteiger partial charge is 0.242 e. The average Bonchev–Trinajstić information content (AvgIpc) is 3.34. The second kappa shape index (κ2) is 6.70. The van der Waals surface area contributed by atoms with Gasteiger partial charge in [-0.05, 0) is 26.3 Å². The molecule has 0 spiro atoms. The van der Waals surface area contributed by atoms with Crippen molar-refractivity contribution in [3.63, 3.8) is 0 Å². The number of aryl methyl sites for hydroxylation is 3. The van der Waals surface area contributed by atoms with E-state index in [4.69, 9.17) is 4.74 Å². The first kappa shape index (κ1) is 18.1. The second-order valence-corrected chi connectivity index (χ2v) is 8.34. The molecule has 0 amide bonds. The third kappa shape index (κ3) is 3.13. The van der Waals surface area contributed by atoms with Crippen LogP contribution in [0.2, 0.25) is 0 Å². The summed E-state index contributed by atoms with van der Waals surface area (Å²) in [4.78, 5) is 8.75. The van der Waals surface area contributed by atoms with Crippen molar-refractivity contribution in [1.29, 1.82) is 0 Å². The summed E-state index contributed by atoms with van der Waals surface area (Å²) < 4.78 is 38.1. The predicted molar refractivity (Wildman–Crippen MR) is 98.6 cm³/mol. The van der Waals surface area contributed by atoms with Gasteiger partial charge < -0.3 is 9.30 Å². The molecule has 1 fully saturated rings. The van der Waals surface area contributed by atoms with Crippen molar-refractivity contribution in [3.8, 4) is 0 Å². The van der Waals surface area contributed by atoms with Gasteiger partial charge in [0.15, 0.2) is 5.65 Å². The first-order valence-electron chi connectivity index (χ1n) is 8.85. The lowest BCUT2D eigenvalue weighted by molar-refractivity contribution is 0.0925. The van der Waals surface area contributed by atoms with Crippen LogP contribution in [-0.4, -0.2) is 45.4 Å². The standard InChI is InChI=1S/C17H22N6O3S/c1-4-23-7-6-18-17(23)15-14(5-8-26-15)21-27(24,25)12-9-13-11(2)20-22(3)16(13)19-10-12/h6-7,9-10,14-15,21H,4-5,8H2,1-3H3/t14-,15-/m1/s1. The molecule has 1 N–H and O–H groups in total. The van der Waals surface area contributed by atoms with Crippen LogP contribution in [-0.2, 0) is 28.4 Å². The molecule has 0 radical (unpaired) electrons. The van der Waals surface area contributed by atoms with Crippen molar-refractivity contribution in [2.24, 2.45) is 7.05 Å². The summed E-state index contributed by atoms with van der Waals surface area (Å²) in [7, 11) is -1.97. The monoisotopic (exact) mass is 390 g/mol. The molecule has 144 valence electrons. The summed E-state index contributed by atoms with van der Waals surface area (Å²) in [5.41, 5.74) is 1.39. The summed E-state index contributed by atoms with van der Waals surface area (Å²) in [5, 5.41) is 5.01. The molecule has 4 heterocycles. The highest BCUT2D eigenvalue weighted by Crippen LogP contribution is 2.29. The van der Waals surface area contributed by atoms with E-state index in [1.165, 1.54) is 6.20 Å². The summed E-state index contributed by atoms with van der Waals surface area (Å²) in [6, 6.07) is 1.23. The second-order valence-electron chi connectivity index (χ2n) is 6.63. The van der Waals surface area contributed by atoms with Crippen molar-refractivity contribution >= 4 is 21.1 Å². The minimum absolute atomic E-state index is 0.121. The zero-order chi connectivity index (χ0) is 19.2. The van der Waals surface area contributed by atoms with Crippen LogP contribution < -0.4 is 4.72 Å². The molecule has 3 aromatic rings. The molecule has 1 saturated heterocycles. The van der Waals surface area contributed by atoms with E-state index in [1.807, 2.05) is 24.6 Å². The molecule has 4 rings (SSSR count). The minimum atomic E-state index is -3.75. The lowest BCUT2D eigenvalue weighted by atomic mass is 10.1. The Balaban J connectivity index is 1.64. The maximum Gasteiger partial charge on any atom is 0.242 e. The molecule has 0 saturated carbocycles. The fraction of sp³-hybridized carbons (Fsp3) is 0.471. The summed E-state index contributed by atoms with van der Waals surface area (Å²) in [6.07, 6.45) is 5.11. The molecule has 0 unspecified atom stereocenters. The van der Waals surface area contributed by atoms with Crippen LogP contribution in [0.25, 0.3) is 11.0 Å². The number of hydrogen-bond donors (Lipinski definition) is 1. The van der Waals surface area contributed by atoms with Gasteiger partial charge in [0.05, 0.1) is 11.7 Å². The number of imidazole rings is 1.